The minimum Gasteiger partial charge on any atom is -0.625 e. The summed E-state index contributed by atoms with van der Waals surface area (Å²) in [6.07, 6.45) is 0.803. The fourth-order valence-electron chi connectivity index (χ4n) is 2.76. The Morgan fingerprint density at radius 2 is 2.07 bits per heavy atom. The Morgan fingerprint density at radius 3 is 2.39 bits per heavy atom. The summed E-state index contributed by atoms with van der Waals surface area (Å²) in [4.78, 5) is 12.0. The molecule has 10 heteroatoms. The Kier molecular flexibility index (Phi) is 6.45. The van der Waals surface area contributed by atoms with Gasteiger partial charge in [0.25, 0.3) is 5.19 Å². The number of carbonyl (C=O) groups is 1. The third-order valence-corrected chi connectivity index (χ3v) is 5.42. The maximum Gasteiger partial charge on any atom is 0.311 e. The molecule has 2 unspecified atom stereocenters. The van der Waals surface area contributed by atoms with Crippen LogP contribution in [0.15, 0.2) is 24.3 Å². The predicted octanol–water partition coefficient (Wildman–Crippen LogP) is 2.76. The molecule has 5 heterocycles. The lowest BCUT2D eigenvalue weighted by atomic mass is 10.2. The Balaban J connectivity index is 0.000000141. The van der Waals surface area contributed by atoms with E-state index in [2.05, 4.69) is 26.8 Å². The van der Waals surface area contributed by atoms with Crippen LogP contribution in [-0.2, 0) is 9.53 Å². The number of carbonyl (C=O) groups excluding carboxylic acids is 1. The van der Waals surface area contributed by atoms with Crippen molar-refractivity contribution in [3.63, 3.8) is 0 Å². The van der Waals surface area contributed by atoms with Crippen LogP contribution < -0.4 is 14.1 Å². The molecule has 1 aromatic heterocycles. The second-order valence-corrected chi connectivity index (χ2v) is 7.52. The molecule has 2 bridgehead atoms. The van der Waals surface area contributed by atoms with Gasteiger partial charge in [0.05, 0.1) is 26.6 Å². The summed E-state index contributed by atoms with van der Waals surface area (Å²) in [6.45, 7) is 6.67. The lowest BCUT2D eigenvalue weighted by molar-refractivity contribution is -0.167. The van der Waals surface area contributed by atoms with E-state index in [1.54, 1.807) is 0 Å². The number of methoxy groups -OCH3 is 1. The summed E-state index contributed by atoms with van der Waals surface area (Å²) in [5, 5.41) is 21.0. The molecule has 2 fully saturated rings. The monoisotopic (exact) mass is 408 g/mol. The molecule has 1 aromatic carbocycles. The lowest BCUT2D eigenvalue weighted by Crippen LogP contribution is -2.42. The molecule has 0 aliphatic carbocycles. The number of nitrogens with zero attached hydrogens (tertiary/aromatic N) is 4. The van der Waals surface area contributed by atoms with Crippen molar-refractivity contribution in [2.24, 2.45) is 0 Å². The lowest BCUT2D eigenvalue weighted by Gasteiger charge is -2.33. The van der Waals surface area contributed by atoms with Crippen LogP contribution in [0.2, 0.25) is 0 Å². The molecule has 0 spiro atoms. The Hall–Kier alpha value is -2.27. The molecule has 0 saturated carbocycles. The summed E-state index contributed by atoms with van der Waals surface area (Å²) in [5.41, 5.74) is 0. The van der Waals surface area contributed by atoms with Gasteiger partial charge in [-0.2, -0.15) is 0 Å². The smallest absolute Gasteiger partial charge is 0.311 e. The Labute approximate surface area is 167 Å². The highest BCUT2D eigenvalue weighted by molar-refractivity contribution is 7.16. The van der Waals surface area contributed by atoms with Crippen LogP contribution in [-0.4, -0.2) is 60.6 Å². The first-order valence-electron chi connectivity index (χ1n) is 9.07. The minimum absolute atomic E-state index is 0.0671. The zero-order valence-electron chi connectivity index (χ0n) is 16.2. The van der Waals surface area contributed by atoms with Gasteiger partial charge < -0.3 is 19.4 Å². The van der Waals surface area contributed by atoms with Crippen LogP contribution >= 0.6 is 11.3 Å². The number of fused-ring (bicyclic) bond motifs is 2. The van der Waals surface area contributed by atoms with Gasteiger partial charge in [0.15, 0.2) is 0 Å². The maximum atomic E-state index is 12.4. The zero-order valence-corrected chi connectivity index (χ0v) is 17.0. The van der Waals surface area contributed by atoms with Crippen molar-refractivity contribution in [3.8, 4) is 16.7 Å². The number of benzene rings is 1. The number of aromatic nitrogens is 2. The van der Waals surface area contributed by atoms with Gasteiger partial charge in [0.1, 0.15) is 24.3 Å². The number of esters is 1. The van der Waals surface area contributed by atoms with E-state index in [4.69, 9.17) is 9.47 Å². The number of hydrogen-bond acceptors (Lipinski definition) is 9. The van der Waals surface area contributed by atoms with E-state index in [9.17, 15) is 10.0 Å². The van der Waals surface area contributed by atoms with Gasteiger partial charge in [0.2, 0.25) is 0 Å². The molecule has 9 nitrogen and oxygen atoms in total. The van der Waals surface area contributed by atoms with E-state index >= 15 is 0 Å². The molecule has 2 atom stereocenters. The molecule has 152 valence electrons. The number of likely N-dealkylation sites (N-methyl/N-ethyl adjacent to an activating group) is 1. The first kappa shape index (κ1) is 20.5. The zero-order chi connectivity index (χ0) is 20.1. The van der Waals surface area contributed by atoms with Crippen LogP contribution in [0.25, 0.3) is 0 Å². The molecular formula is C18H24N4O5S. The molecule has 0 N–H and O–H groups in total. The molecule has 2 aromatic rings. The summed E-state index contributed by atoms with van der Waals surface area (Å²) < 4.78 is 14.1. The summed E-state index contributed by atoms with van der Waals surface area (Å²) in [7, 11) is 1.53. The number of rotatable bonds is 3. The van der Waals surface area contributed by atoms with Crippen LogP contribution in [0.4, 0.5) is 5.13 Å². The van der Waals surface area contributed by atoms with E-state index in [0.29, 0.717) is 30.0 Å². The van der Waals surface area contributed by atoms with Gasteiger partial charge in [-0.3, -0.25) is 14.3 Å². The van der Waals surface area contributed by atoms with Crippen molar-refractivity contribution in [1.29, 1.82) is 0 Å². The largest absolute Gasteiger partial charge is 0.625 e. The Bertz CT molecular complexity index is 784. The number of hydroxylamine groups is 2. The van der Waals surface area contributed by atoms with Gasteiger partial charge in [-0.05, 0) is 19.1 Å². The van der Waals surface area contributed by atoms with Crippen molar-refractivity contribution in [3.05, 3.63) is 29.5 Å². The van der Waals surface area contributed by atoms with E-state index in [1.807, 2.05) is 31.2 Å². The fourth-order valence-corrected chi connectivity index (χ4v) is 3.48. The number of ether oxygens (including phenoxy) is 3. The van der Waals surface area contributed by atoms with E-state index < -0.39 is 4.65 Å². The third kappa shape index (κ3) is 4.96. The van der Waals surface area contributed by atoms with Gasteiger partial charge in [0, 0.05) is 23.9 Å². The molecule has 0 radical (unpaired) electrons. The molecule has 6 rings (SSSR count). The second-order valence-electron chi connectivity index (χ2n) is 6.60. The van der Waals surface area contributed by atoms with Crippen LogP contribution in [0.1, 0.15) is 20.3 Å². The molecule has 28 heavy (non-hydrogen) atoms. The Morgan fingerprint density at radius 1 is 1.39 bits per heavy atom. The van der Waals surface area contributed by atoms with Crippen molar-refractivity contribution < 1.29 is 19.0 Å². The van der Waals surface area contributed by atoms with Crippen molar-refractivity contribution in [2.45, 2.75) is 26.4 Å². The quantitative estimate of drug-likeness (QED) is 0.371. The SMILES string of the molecule is CC1CC(=O)O1.CCN1CC[N+]([O-])(c2nnc(OC)s2)C1.c1cc2cc(c1)O2. The maximum absolute atomic E-state index is 12.4. The first-order valence-corrected chi connectivity index (χ1v) is 9.89. The summed E-state index contributed by atoms with van der Waals surface area (Å²) in [5.74, 6) is 1.90. The summed E-state index contributed by atoms with van der Waals surface area (Å²) in [6, 6.07) is 7.86. The van der Waals surface area contributed by atoms with Crippen molar-refractivity contribution in [2.75, 3.05) is 33.4 Å². The van der Waals surface area contributed by atoms with Crippen LogP contribution in [0.3, 0.4) is 0 Å². The van der Waals surface area contributed by atoms with Crippen LogP contribution in [0.5, 0.6) is 16.7 Å². The number of hydrogen-bond donors (Lipinski definition) is 0. The number of quaternary nitrogens is 1. The van der Waals surface area contributed by atoms with Crippen molar-refractivity contribution >= 4 is 22.4 Å². The molecule has 2 saturated heterocycles. The highest BCUT2D eigenvalue weighted by atomic mass is 32.1. The number of cyclic esters (lactones) is 1. The molecule has 4 aliphatic rings. The fraction of sp³-hybridized carbons (Fsp3) is 0.500. The highest BCUT2D eigenvalue weighted by Crippen LogP contribution is 2.33. The van der Waals surface area contributed by atoms with E-state index in [1.165, 1.54) is 18.4 Å². The minimum atomic E-state index is -0.394. The molecule has 4 aliphatic heterocycles. The second kappa shape index (κ2) is 8.82. The van der Waals surface area contributed by atoms with Crippen molar-refractivity contribution in [1.82, 2.24) is 19.7 Å². The standard InChI is InChI=1S/C8H14N4O2S.C6H4O.C4H6O2/c1-3-11-4-5-12(13,6-11)7-9-10-8(14-2)15-7;1-2-5-4-6(3-1)7-5;1-3-2-4(5)6-3/h3-6H2,1-2H3;1-4H;3H,2H2,1H3. The topological polar surface area (TPSA) is 96.8 Å². The molecular weight excluding hydrogens is 384 g/mol. The average molecular weight is 408 g/mol. The highest BCUT2D eigenvalue weighted by Gasteiger charge is 2.34. The van der Waals surface area contributed by atoms with Gasteiger partial charge in [-0.15, -0.1) is 0 Å². The van der Waals surface area contributed by atoms with Gasteiger partial charge >= 0.3 is 11.1 Å². The van der Waals surface area contributed by atoms with Gasteiger partial charge in [-0.1, -0.05) is 23.2 Å². The third-order valence-electron chi connectivity index (χ3n) is 4.40. The predicted molar refractivity (Wildman–Crippen MR) is 105 cm³/mol. The molecule has 0 amide bonds. The summed E-state index contributed by atoms with van der Waals surface area (Å²) >= 11 is 1.23. The van der Waals surface area contributed by atoms with E-state index in [-0.39, 0.29) is 12.1 Å². The van der Waals surface area contributed by atoms with Crippen LogP contribution in [0, 0.1) is 5.21 Å². The average Bonchev–Trinajstić information content (AvgIpc) is 3.29. The normalized spacial score (nSPS) is 24.3. The first-order chi connectivity index (χ1) is 13.4. The van der Waals surface area contributed by atoms with E-state index in [0.717, 1.165) is 24.6 Å². The van der Waals surface area contributed by atoms with Gasteiger partial charge in [-0.25, -0.2) is 0 Å².